The molecule has 1 amide bonds. The average molecular weight is 358 g/mol. The van der Waals surface area contributed by atoms with E-state index >= 15 is 0 Å². The van der Waals surface area contributed by atoms with E-state index in [9.17, 15) is 13.2 Å². The molecule has 2 aliphatic carbocycles. The Morgan fingerprint density at radius 1 is 1.22 bits per heavy atom. The molecule has 2 bridgehead atoms. The number of hydrogen-bond donors (Lipinski definition) is 2. The first-order chi connectivity index (χ1) is 10.6. The van der Waals surface area contributed by atoms with E-state index in [4.69, 9.17) is 0 Å². The molecule has 3 atom stereocenters. The Morgan fingerprint density at radius 2 is 1.96 bits per heavy atom. The van der Waals surface area contributed by atoms with E-state index < -0.39 is 15.4 Å². The van der Waals surface area contributed by atoms with Gasteiger partial charge in [0.15, 0.2) is 0 Å². The Bertz CT molecular complexity index is 708. The minimum atomic E-state index is -3.67. The van der Waals surface area contributed by atoms with Crippen LogP contribution in [-0.4, -0.2) is 30.6 Å². The predicted molar refractivity (Wildman–Crippen MR) is 87.6 cm³/mol. The van der Waals surface area contributed by atoms with Crippen LogP contribution in [0.2, 0.25) is 0 Å². The van der Waals surface area contributed by atoms with Gasteiger partial charge in [-0.2, -0.15) is 0 Å². The summed E-state index contributed by atoms with van der Waals surface area (Å²) < 4.78 is 27.6. The van der Waals surface area contributed by atoms with Crippen molar-refractivity contribution in [2.24, 2.45) is 17.3 Å². The molecular weight excluding hydrogens is 336 g/mol. The molecule has 0 spiro atoms. The van der Waals surface area contributed by atoms with Crippen LogP contribution < -0.4 is 10.0 Å². The lowest BCUT2D eigenvalue weighted by Gasteiger charge is -2.21. The van der Waals surface area contributed by atoms with Crippen molar-refractivity contribution in [2.75, 3.05) is 5.32 Å². The SMILES string of the molecule is CC(C)(C)C(=O)Nc1nnc(S(=O)(=O)N[C@H]2C[C@H]3CC[C@H]2C3)s1. The first-order valence-electron chi connectivity index (χ1n) is 7.82. The van der Waals surface area contributed by atoms with Crippen molar-refractivity contribution >= 4 is 32.4 Å². The Balaban J connectivity index is 1.68. The van der Waals surface area contributed by atoms with Gasteiger partial charge in [0.25, 0.3) is 10.0 Å². The van der Waals surface area contributed by atoms with Crippen LogP contribution in [0.5, 0.6) is 0 Å². The minimum absolute atomic E-state index is 0.00951. The molecule has 1 aromatic rings. The zero-order chi connectivity index (χ0) is 16.8. The molecule has 2 N–H and O–H groups in total. The predicted octanol–water partition coefficient (Wildman–Crippen LogP) is 1.99. The van der Waals surface area contributed by atoms with E-state index in [2.05, 4.69) is 20.2 Å². The van der Waals surface area contributed by atoms with Gasteiger partial charge in [-0.05, 0) is 31.1 Å². The number of hydrogen-bond acceptors (Lipinski definition) is 6. The number of fused-ring (bicyclic) bond motifs is 2. The van der Waals surface area contributed by atoms with Gasteiger partial charge >= 0.3 is 0 Å². The number of nitrogens with one attached hydrogen (secondary N) is 2. The molecule has 2 saturated carbocycles. The summed E-state index contributed by atoms with van der Waals surface area (Å²) in [5, 5.41) is 10.3. The summed E-state index contributed by atoms with van der Waals surface area (Å²) in [5.74, 6) is 0.880. The first kappa shape index (κ1) is 16.8. The van der Waals surface area contributed by atoms with Gasteiger partial charge in [0.2, 0.25) is 15.4 Å². The van der Waals surface area contributed by atoms with Gasteiger partial charge in [-0.3, -0.25) is 4.79 Å². The molecule has 23 heavy (non-hydrogen) atoms. The lowest BCUT2D eigenvalue weighted by atomic mass is 9.96. The number of sulfonamides is 1. The maximum atomic E-state index is 12.4. The number of nitrogens with zero attached hydrogens (tertiary/aromatic N) is 2. The van der Waals surface area contributed by atoms with Gasteiger partial charge in [-0.25, -0.2) is 13.1 Å². The van der Waals surface area contributed by atoms with Crippen LogP contribution in [0.4, 0.5) is 5.13 Å². The summed E-state index contributed by atoms with van der Waals surface area (Å²) in [7, 11) is -3.67. The molecule has 2 aliphatic rings. The average Bonchev–Trinajstić information content (AvgIpc) is 3.12. The van der Waals surface area contributed by atoms with E-state index in [0.29, 0.717) is 11.8 Å². The van der Waals surface area contributed by atoms with Crippen LogP contribution in [0, 0.1) is 17.3 Å². The molecule has 0 aromatic carbocycles. The Labute approximate surface area is 140 Å². The van der Waals surface area contributed by atoms with Crippen LogP contribution in [0.15, 0.2) is 4.34 Å². The van der Waals surface area contributed by atoms with Crippen molar-refractivity contribution in [3.8, 4) is 0 Å². The second kappa shape index (κ2) is 5.78. The number of amides is 1. The van der Waals surface area contributed by atoms with Gasteiger partial charge in [-0.1, -0.05) is 38.5 Å². The first-order valence-corrected chi connectivity index (χ1v) is 10.1. The van der Waals surface area contributed by atoms with Crippen LogP contribution in [0.1, 0.15) is 46.5 Å². The third-order valence-electron chi connectivity index (χ3n) is 4.58. The molecule has 1 aromatic heterocycles. The monoisotopic (exact) mass is 358 g/mol. The highest BCUT2D eigenvalue weighted by Crippen LogP contribution is 2.44. The lowest BCUT2D eigenvalue weighted by molar-refractivity contribution is -0.123. The van der Waals surface area contributed by atoms with Gasteiger partial charge < -0.3 is 5.32 Å². The zero-order valence-electron chi connectivity index (χ0n) is 13.5. The fourth-order valence-corrected chi connectivity index (χ4v) is 5.52. The van der Waals surface area contributed by atoms with E-state index in [0.717, 1.165) is 30.6 Å². The summed E-state index contributed by atoms with van der Waals surface area (Å²) in [6.07, 6.45) is 4.35. The number of anilines is 1. The Hall–Kier alpha value is -1.06. The second-order valence-electron chi connectivity index (χ2n) is 7.48. The molecular formula is C14H22N4O3S2. The smallest absolute Gasteiger partial charge is 0.270 e. The maximum Gasteiger partial charge on any atom is 0.270 e. The Kier molecular flexibility index (Phi) is 4.22. The van der Waals surface area contributed by atoms with Crippen molar-refractivity contribution in [3.63, 3.8) is 0 Å². The summed E-state index contributed by atoms with van der Waals surface area (Å²) in [6, 6.07) is 0.00951. The molecule has 128 valence electrons. The molecule has 7 nitrogen and oxygen atoms in total. The molecule has 1 heterocycles. The summed E-state index contributed by atoms with van der Waals surface area (Å²) in [6.45, 7) is 5.33. The minimum Gasteiger partial charge on any atom is -0.300 e. The molecule has 3 rings (SSSR count). The molecule has 0 saturated heterocycles. The molecule has 9 heteroatoms. The van der Waals surface area contributed by atoms with Crippen LogP contribution in [-0.2, 0) is 14.8 Å². The number of carbonyl (C=O) groups excluding carboxylic acids is 1. The highest BCUT2D eigenvalue weighted by atomic mass is 32.2. The standard InChI is InChI=1S/C14H22N4O3S2/c1-14(2,3)11(19)15-12-16-17-13(22-12)23(20,21)18-10-7-8-4-5-9(10)6-8/h8-10,18H,4-7H2,1-3H3,(H,15,16,19)/t8-,9-,10-/m0/s1. The van der Waals surface area contributed by atoms with Crippen molar-refractivity contribution in [2.45, 2.75) is 56.8 Å². The van der Waals surface area contributed by atoms with E-state index in [-0.39, 0.29) is 21.4 Å². The van der Waals surface area contributed by atoms with Crippen molar-refractivity contribution in [1.29, 1.82) is 0 Å². The maximum absolute atomic E-state index is 12.4. The zero-order valence-corrected chi connectivity index (χ0v) is 15.1. The van der Waals surface area contributed by atoms with Gasteiger partial charge in [0, 0.05) is 11.5 Å². The van der Waals surface area contributed by atoms with Crippen molar-refractivity contribution in [3.05, 3.63) is 0 Å². The largest absolute Gasteiger partial charge is 0.300 e. The molecule has 2 fully saturated rings. The number of aromatic nitrogens is 2. The van der Waals surface area contributed by atoms with Crippen LogP contribution in [0.3, 0.4) is 0 Å². The van der Waals surface area contributed by atoms with Gasteiger partial charge in [0.05, 0.1) is 0 Å². The highest BCUT2D eigenvalue weighted by Gasteiger charge is 2.41. The highest BCUT2D eigenvalue weighted by molar-refractivity contribution is 7.91. The molecule has 0 unspecified atom stereocenters. The van der Waals surface area contributed by atoms with Gasteiger partial charge in [0.1, 0.15) is 0 Å². The summed E-state index contributed by atoms with van der Waals surface area (Å²) in [5.41, 5.74) is -0.577. The third-order valence-corrected chi connectivity index (χ3v) is 7.28. The Morgan fingerprint density at radius 3 is 2.52 bits per heavy atom. The van der Waals surface area contributed by atoms with Gasteiger partial charge in [-0.15, -0.1) is 10.2 Å². The van der Waals surface area contributed by atoms with Crippen LogP contribution >= 0.6 is 11.3 Å². The topological polar surface area (TPSA) is 101 Å². The van der Waals surface area contributed by atoms with Crippen molar-refractivity contribution < 1.29 is 13.2 Å². The summed E-state index contributed by atoms with van der Waals surface area (Å²) in [4.78, 5) is 11.9. The number of carbonyl (C=O) groups is 1. The normalized spacial score (nSPS) is 27.3. The fraction of sp³-hybridized carbons (Fsp3) is 0.786. The van der Waals surface area contributed by atoms with Crippen molar-refractivity contribution in [1.82, 2.24) is 14.9 Å². The molecule has 0 radical (unpaired) electrons. The van der Waals surface area contributed by atoms with E-state index in [1.54, 1.807) is 20.8 Å². The second-order valence-corrected chi connectivity index (χ2v) is 10.3. The summed E-state index contributed by atoms with van der Waals surface area (Å²) >= 11 is 0.883. The number of rotatable bonds is 4. The third kappa shape index (κ3) is 3.56. The fourth-order valence-electron chi connectivity index (χ4n) is 3.29. The quantitative estimate of drug-likeness (QED) is 0.802. The van der Waals surface area contributed by atoms with E-state index in [1.165, 1.54) is 6.42 Å². The van der Waals surface area contributed by atoms with E-state index in [1.807, 2.05) is 0 Å². The lowest BCUT2D eigenvalue weighted by Crippen LogP contribution is -2.38. The molecule has 0 aliphatic heterocycles. The van der Waals surface area contributed by atoms with Crippen LogP contribution in [0.25, 0.3) is 0 Å².